The fourth-order valence-electron chi connectivity index (χ4n) is 3.42. The monoisotopic (exact) mass is 379 g/mol. The smallest absolute Gasteiger partial charge is 0.229 e. The Hall–Kier alpha value is -4.31. The summed E-state index contributed by atoms with van der Waals surface area (Å²) in [5.74, 6) is 1.26. The van der Waals surface area contributed by atoms with Crippen LogP contribution >= 0.6 is 0 Å². The average molecular weight is 379 g/mol. The molecule has 2 aromatic carbocycles. The summed E-state index contributed by atoms with van der Waals surface area (Å²) >= 11 is 0. The molecule has 0 fully saturated rings. The first kappa shape index (κ1) is 16.8. The normalized spacial score (nSPS) is 10.9. The topological polar surface area (TPSA) is 96.4 Å². The van der Waals surface area contributed by atoms with Gasteiger partial charge in [0.15, 0.2) is 0 Å². The van der Waals surface area contributed by atoms with Gasteiger partial charge in [-0.05, 0) is 48.5 Å². The quantitative estimate of drug-likeness (QED) is 0.416. The van der Waals surface area contributed by atoms with Crippen LogP contribution in [-0.2, 0) is 0 Å². The van der Waals surface area contributed by atoms with Gasteiger partial charge in [0.05, 0.1) is 5.69 Å². The van der Waals surface area contributed by atoms with E-state index in [1.54, 1.807) is 6.20 Å². The number of H-pyrrole nitrogens is 2. The van der Waals surface area contributed by atoms with Crippen LogP contribution in [0, 0.1) is 11.3 Å². The molecule has 0 aliphatic carbocycles. The molecule has 0 saturated heterocycles. The van der Waals surface area contributed by atoms with E-state index in [0.717, 1.165) is 39.0 Å². The maximum absolute atomic E-state index is 9.14. The van der Waals surface area contributed by atoms with Gasteiger partial charge in [0.1, 0.15) is 17.6 Å². The van der Waals surface area contributed by atoms with Crippen LogP contribution in [0.3, 0.4) is 0 Å². The van der Waals surface area contributed by atoms with Crippen molar-refractivity contribution in [2.24, 2.45) is 0 Å². The maximum Gasteiger partial charge on any atom is 0.229 e. The molecule has 29 heavy (non-hydrogen) atoms. The van der Waals surface area contributed by atoms with E-state index in [9.17, 15) is 0 Å². The van der Waals surface area contributed by atoms with E-state index >= 15 is 0 Å². The van der Waals surface area contributed by atoms with Gasteiger partial charge >= 0.3 is 0 Å². The molecule has 7 heteroatoms. The Kier molecular flexibility index (Phi) is 3.88. The highest BCUT2D eigenvalue weighted by molar-refractivity contribution is 5.94. The number of benzene rings is 2. The Bertz CT molecular complexity index is 1370. The standard InChI is InChI=1S/C22H17N7/c1-29(16-5-6-18-14(11-16)7-9-24-18)21-8-10-25-22(28-21)27-20-4-2-3-19-17(20)12-15(13-23)26-19/h2-12,24,26H,1H3,(H,25,27,28). The lowest BCUT2D eigenvalue weighted by atomic mass is 10.2. The Labute approximate surface area is 166 Å². The van der Waals surface area contributed by atoms with Crippen LogP contribution in [0.15, 0.2) is 67.0 Å². The highest BCUT2D eigenvalue weighted by atomic mass is 15.2. The molecule has 0 bridgehead atoms. The van der Waals surface area contributed by atoms with E-state index < -0.39 is 0 Å². The lowest BCUT2D eigenvalue weighted by Gasteiger charge is -2.19. The van der Waals surface area contributed by atoms with E-state index in [-0.39, 0.29) is 0 Å². The number of anilines is 4. The fraction of sp³-hybridized carbons (Fsp3) is 0.0455. The maximum atomic E-state index is 9.14. The second kappa shape index (κ2) is 6.69. The molecule has 7 nitrogen and oxygen atoms in total. The molecular weight excluding hydrogens is 362 g/mol. The van der Waals surface area contributed by atoms with Gasteiger partial charge in [-0.25, -0.2) is 4.98 Å². The number of fused-ring (bicyclic) bond motifs is 2. The molecule has 3 aromatic heterocycles. The predicted molar refractivity (Wildman–Crippen MR) is 115 cm³/mol. The third-order valence-corrected chi connectivity index (χ3v) is 4.94. The first-order valence-corrected chi connectivity index (χ1v) is 9.14. The van der Waals surface area contributed by atoms with Gasteiger partial charge in [-0.3, -0.25) is 0 Å². The first-order chi connectivity index (χ1) is 14.2. The highest BCUT2D eigenvalue weighted by Gasteiger charge is 2.10. The number of hydrogen-bond acceptors (Lipinski definition) is 5. The molecule has 3 heterocycles. The van der Waals surface area contributed by atoms with Gasteiger partial charge in [-0.15, -0.1) is 0 Å². The number of nitrogens with zero attached hydrogens (tertiary/aromatic N) is 4. The SMILES string of the molecule is CN(c1ccc2[nH]ccc2c1)c1ccnc(Nc2cccc3[nH]c(C#N)cc23)n1. The number of aromatic nitrogens is 4. The molecule has 140 valence electrons. The van der Waals surface area contributed by atoms with Crippen molar-refractivity contribution >= 4 is 44.9 Å². The number of nitrogens with one attached hydrogen (secondary N) is 3. The van der Waals surface area contributed by atoms with Crippen LogP contribution in [0.2, 0.25) is 0 Å². The Morgan fingerprint density at radius 1 is 1.07 bits per heavy atom. The number of rotatable bonds is 4. The Morgan fingerprint density at radius 2 is 2.00 bits per heavy atom. The third kappa shape index (κ3) is 3.03. The average Bonchev–Trinajstić information content (AvgIpc) is 3.40. The van der Waals surface area contributed by atoms with Crippen LogP contribution in [0.4, 0.5) is 23.1 Å². The Balaban J connectivity index is 1.47. The van der Waals surface area contributed by atoms with Gasteiger partial charge in [0, 0.05) is 46.9 Å². The molecule has 0 aliphatic heterocycles. The largest absolute Gasteiger partial charge is 0.361 e. The summed E-state index contributed by atoms with van der Waals surface area (Å²) in [7, 11) is 1.98. The number of hydrogen-bond donors (Lipinski definition) is 3. The molecule has 5 aromatic rings. The zero-order valence-electron chi connectivity index (χ0n) is 15.6. The lowest BCUT2D eigenvalue weighted by Crippen LogP contribution is -2.12. The molecule has 0 atom stereocenters. The van der Waals surface area contributed by atoms with E-state index in [2.05, 4.69) is 49.5 Å². The van der Waals surface area contributed by atoms with Crippen LogP contribution in [0.25, 0.3) is 21.8 Å². The molecule has 0 aliphatic rings. The summed E-state index contributed by atoms with van der Waals surface area (Å²) < 4.78 is 0. The van der Waals surface area contributed by atoms with Gasteiger partial charge in [-0.2, -0.15) is 10.2 Å². The summed E-state index contributed by atoms with van der Waals surface area (Å²) in [5.41, 5.74) is 4.38. The van der Waals surface area contributed by atoms with Crippen molar-refractivity contribution in [3.8, 4) is 6.07 Å². The summed E-state index contributed by atoms with van der Waals surface area (Å²) in [4.78, 5) is 17.3. The Morgan fingerprint density at radius 3 is 2.90 bits per heavy atom. The van der Waals surface area contributed by atoms with Crippen molar-refractivity contribution in [2.45, 2.75) is 0 Å². The molecule has 5 rings (SSSR count). The molecule has 0 amide bonds. The summed E-state index contributed by atoms with van der Waals surface area (Å²) in [5, 5.41) is 14.5. The molecule has 0 radical (unpaired) electrons. The first-order valence-electron chi connectivity index (χ1n) is 9.14. The zero-order chi connectivity index (χ0) is 19.8. The second-order valence-electron chi connectivity index (χ2n) is 6.73. The van der Waals surface area contributed by atoms with Gasteiger partial charge in [0.25, 0.3) is 0 Å². The van der Waals surface area contributed by atoms with Crippen LogP contribution in [0.5, 0.6) is 0 Å². The van der Waals surface area contributed by atoms with Crippen LogP contribution < -0.4 is 10.2 Å². The summed E-state index contributed by atoms with van der Waals surface area (Å²) in [6, 6.07) is 19.9. The van der Waals surface area contributed by atoms with Crippen LogP contribution in [-0.4, -0.2) is 27.0 Å². The van der Waals surface area contributed by atoms with Crippen molar-refractivity contribution in [3.63, 3.8) is 0 Å². The minimum Gasteiger partial charge on any atom is -0.361 e. The van der Waals surface area contributed by atoms with Crippen molar-refractivity contribution < 1.29 is 0 Å². The van der Waals surface area contributed by atoms with E-state index in [1.165, 1.54) is 0 Å². The van der Waals surface area contributed by atoms with E-state index in [4.69, 9.17) is 5.26 Å². The molecule has 0 saturated carbocycles. The van der Waals surface area contributed by atoms with Crippen molar-refractivity contribution in [3.05, 3.63) is 72.7 Å². The summed E-state index contributed by atoms with van der Waals surface area (Å²) in [6.07, 6.45) is 3.66. The van der Waals surface area contributed by atoms with E-state index in [1.807, 2.05) is 54.5 Å². The molecule has 3 N–H and O–H groups in total. The number of nitriles is 1. The van der Waals surface area contributed by atoms with Gasteiger partial charge in [0.2, 0.25) is 5.95 Å². The number of aromatic amines is 2. The molecule has 0 unspecified atom stereocenters. The van der Waals surface area contributed by atoms with Crippen LogP contribution in [0.1, 0.15) is 5.69 Å². The molecule has 0 spiro atoms. The van der Waals surface area contributed by atoms with Crippen molar-refractivity contribution in [1.82, 2.24) is 19.9 Å². The fourth-order valence-corrected chi connectivity index (χ4v) is 3.42. The lowest BCUT2D eigenvalue weighted by molar-refractivity contribution is 1.08. The second-order valence-corrected chi connectivity index (χ2v) is 6.73. The van der Waals surface area contributed by atoms with Gasteiger partial charge in [-0.1, -0.05) is 6.07 Å². The molecular formula is C22H17N7. The minimum absolute atomic E-state index is 0.490. The van der Waals surface area contributed by atoms with Crippen molar-refractivity contribution in [1.29, 1.82) is 5.26 Å². The predicted octanol–water partition coefficient (Wildman–Crippen LogP) is 4.82. The minimum atomic E-state index is 0.490. The van der Waals surface area contributed by atoms with Crippen molar-refractivity contribution in [2.75, 3.05) is 17.3 Å². The third-order valence-electron chi connectivity index (χ3n) is 4.94. The highest BCUT2D eigenvalue weighted by Crippen LogP contribution is 2.28. The van der Waals surface area contributed by atoms with E-state index in [0.29, 0.717) is 11.6 Å². The zero-order valence-corrected chi connectivity index (χ0v) is 15.6. The summed E-state index contributed by atoms with van der Waals surface area (Å²) in [6.45, 7) is 0. The van der Waals surface area contributed by atoms with Gasteiger partial charge < -0.3 is 20.2 Å².